The molecule has 7 nitrogen and oxygen atoms in total. The monoisotopic (exact) mass is 247 g/mol. The fourth-order valence-corrected chi connectivity index (χ4v) is 1.40. The number of rotatable bonds is 7. The van der Waals surface area contributed by atoms with E-state index in [1.807, 2.05) is 25.9 Å². The minimum Gasteiger partial charge on any atom is -0.480 e. The summed E-state index contributed by atoms with van der Waals surface area (Å²) in [5.74, 6) is -1.16. The number of nitrogens with zero attached hydrogens (tertiary/aromatic N) is 1. The molecule has 7 heteroatoms. The molecule has 0 bridgehead atoms. The van der Waals surface area contributed by atoms with E-state index in [0.717, 1.165) is 0 Å². The Kier molecular flexibility index (Phi) is 7.24. The van der Waals surface area contributed by atoms with Crippen LogP contribution in [0.15, 0.2) is 0 Å². The third-order valence-corrected chi connectivity index (χ3v) is 2.04. The number of likely N-dealkylation sites (N-methyl/N-ethyl adjacent to an activating group) is 1. The van der Waals surface area contributed by atoms with Crippen LogP contribution in [0.25, 0.3) is 0 Å². The topological polar surface area (TPSA) is 102 Å². The Morgan fingerprint density at radius 1 is 1.29 bits per heavy atom. The van der Waals surface area contributed by atoms with Gasteiger partial charge in [-0.3, -0.25) is 0 Å². The smallest absolute Gasteiger partial charge is 0.326 e. The number of hydrogen-bond donors (Lipinski definition) is 4. The van der Waals surface area contributed by atoms with E-state index in [2.05, 4.69) is 10.6 Å². The number of carboxylic acid groups (broad SMARTS) is 1. The standard InChI is InChI=1S/C10H21N3O4/c1-7(6-13(2)3)11-10(17)12-8(4-5-14)9(15)16/h7-8,14H,4-6H2,1-3H3,(H,15,16)(H2,11,12,17)/t7?,8-/m0/s1. The number of urea groups is 1. The van der Waals surface area contributed by atoms with Gasteiger partial charge in [0.2, 0.25) is 0 Å². The molecule has 17 heavy (non-hydrogen) atoms. The molecule has 0 aliphatic carbocycles. The zero-order chi connectivity index (χ0) is 13.4. The van der Waals surface area contributed by atoms with Crippen molar-refractivity contribution in [2.24, 2.45) is 0 Å². The van der Waals surface area contributed by atoms with E-state index in [4.69, 9.17) is 10.2 Å². The summed E-state index contributed by atoms with van der Waals surface area (Å²) in [6.45, 7) is 2.19. The molecule has 0 aromatic heterocycles. The molecular weight excluding hydrogens is 226 g/mol. The zero-order valence-corrected chi connectivity index (χ0v) is 10.4. The maximum atomic E-state index is 11.4. The molecule has 4 N–H and O–H groups in total. The molecule has 1 unspecified atom stereocenters. The van der Waals surface area contributed by atoms with Crippen LogP contribution in [-0.2, 0) is 4.79 Å². The summed E-state index contributed by atoms with van der Waals surface area (Å²) < 4.78 is 0. The first kappa shape index (κ1) is 15.7. The van der Waals surface area contributed by atoms with E-state index >= 15 is 0 Å². The predicted molar refractivity (Wildman–Crippen MR) is 62.8 cm³/mol. The molecule has 0 aliphatic heterocycles. The zero-order valence-electron chi connectivity index (χ0n) is 10.4. The Labute approximate surface area is 101 Å². The van der Waals surface area contributed by atoms with Crippen LogP contribution in [-0.4, -0.2) is 66.4 Å². The SMILES string of the molecule is CC(CN(C)C)NC(=O)N[C@@H](CCO)C(=O)O. The highest BCUT2D eigenvalue weighted by Crippen LogP contribution is 1.92. The van der Waals surface area contributed by atoms with E-state index < -0.39 is 18.0 Å². The lowest BCUT2D eigenvalue weighted by Crippen LogP contribution is -2.50. The fourth-order valence-electron chi connectivity index (χ4n) is 1.40. The van der Waals surface area contributed by atoms with Crippen LogP contribution in [0.1, 0.15) is 13.3 Å². The van der Waals surface area contributed by atoms with Gasteiger partial charge in [0.1, 0.15) is 6.04 Å². The molecular formula is C10H21N3O4. The van der Waals surface area contributed by atoms with E-state index in [-0.39, 0.29) is 19.1 Å². The van der Waals surface area contributed by atoms with Crippen LogP contribution in [0, 0.1) is 0 Å². The van der Waals surface area contributed by atoms with Crippen LogP contribution in [0.5, 0.6) is 0 Å². The van der Waals surface area contributed by atoms with Gasteiger partial charge in [-0.25, -0.2) is 9.59 Å². The average Bonchev–Trinajstić information content (AvgIpc) is 2.14. The molecule has 0 radical (unpaired) electrons. The highest BCUT2D eigenvalue weighted by molar-refractivity contribution is 5.82. The fraction of sp³-hybridized carbons (Fsp3) is 0.800. The largest absolute Gasteiger partial charge is 0.480 e. The van der Waals surface area contributed by atoms with Crippen LogP contribution >= 0.6 is 0 Å². The van der Waals surface area contributed by atoms with E-state index in [1.165, 1.54) is 0 Å². The highest BCUT2D eigenvalue weighted by atomic mass is 16.4. The van der Waals surface area contributed by atoms with Gasteiger partial charge in [0.05, 0.1) is 0 Å². The molecule has 2 atom stereocenters. The number of amides is 2. The predicted octanol–water partition coefficient (Wildman–Crippen LogP) is -0.929. The Morgan fingerprint density at radius 2 is 1.88 bits per heavy atom. The van der Waals surface area contributed by atoms with Crippen molar-refractivity contribution in [2.45, 2.75) is 25.4 Å². The molecule has 0 saturated heterocycles. The second-order valence-corrected chi connectivity index (χ2v) is 4.18. The van der Waals surface area contributed by atoms with Crippen molar-refractivity contribution in [2.75, 3.05) is 27.2 Å². The second-order valence-electron chi connectivity index (χ2n) is 4.18. The van der Waals surface area contributed by atoms with Gasteiger partial charge in [0, 0.05) is 25.6 Å². The first-order valence-corrected chi connectivity index (χ1v) is 5.42. The summed E-state index contributed by atoms with van der Waals surface area (Å²) in [7, 11) is 3.75. The summed E-state index contributed by atoms with van der Waals surface area (Å²) in [5.41, 5.74) is 0. The normalized spacial score (nSPS) is 14.2. The molecule has 0 aliphatic rings. The molecule has 0 rings (SSSR count). The van der Waals surface area contributed by atoms with Crippen LogP contribution in [0.3, 0.4) is 0 Å². The summed E-state index contributed by atoms with van der Waals surface area (Å²) in [6.07, 6.45) is -0.00911. The molecule has 0 saturated carbocycles. The summed E-state index contributed by atoms with van der Waals surface area (Å²) >= 11 is 0. The van der Waals surface area contributed by atoms with Gasteiger partial charge in [-0.15, -0.1) is 0 Å². The first-order valence-electron chi connectivity index (χ1n) is 5.42. The van der Waals surface area contributed by atoms with Gasteiger partial charge in [0.15, 0.2) is 0 Å². The van der Waals surface area contributed by atoms with Crippen LogP contribution < -0.4 is 10.6 Å². The van der Waals surface area contributed by atoms with Gasteiger partial charge in [0.25, 0.3) is 0 Å². The van der Waals surface area contributed by atoms with Crippen LogP contribution in [0.2, 0.25) is 0 Å². The van der Waals surface area contributed by atoms with Crippen molar-refractivity contribution in [3.8, 4) is 0 Å². The van der Waals surface area contributed by atoms with Gasteiger partial charge >= 0.3 is 12.0 Å². The minimum atomic E-state index is -1.16. The van der Waals surface area contributed by atoms with Gasteiger partial charge in [-0.1, -0.05) is 0 Å². The Hall–Kier alpha value is -1.34. The number of aliphatic hydroxyl groups excluding tert-OH is 1. The minimum absolute atomic E-state index is 0.00911. The number of nitrogens with one attached hydrogen (secondary N) is 2. The summed E-state index contributed by atoms with van der Waals surface area (Å²) in [5, 5.41) is 22.3. The molecule has 100 valence electrons. The Balaban J connectivity index is 4.09. The number of carbonyl (C=O) groups is 2. The Bertz CT molecular complexity index is 258. The average molecular weight is 247 g/mol. The number of carboxylic acids is 1. The molecule has 0 aromatic carbocycles. The third kappa shape index (κ3) is 7.53. The van der Waals surface area contributed by atoms with Crippen molar-refractivity contribution in [1.29, 1.82) is 0 Å². The summed E-state index contributed by atoms with van der Waals surface area (Å²) in [6, 6.07) is -1.69. The van der Waals surface area contributed by atoms with Crippen molar-refractivity contribution < 1.29 is 19.8 Å². The highest BCUT2D eigenvalue weighted by Gasteiger charge is 2.19. The lowest BCUT2D eigenvalue weighted by molar-refractivity contribution is -0.139. The number of hydrogen-bond acceptors (Lipinski definition) is 4. The maximum Gasteiger partial charge on any atom is 0.326 e. The molecule has 0 heterocycles. The van der Waals surface area contributed by atoms with Crippen molar-refractivity contribution >= 4 is 12.0 Å². The first-order chi connectivity index (χ1) is 7.86. The van der Waals surface area contributed by atoms with Crippen molar-refractivity contribution in [3.05, 3.63) is 0 Å². The number of aliphatic hydroxyl groups is 1. The molecule has 0 aromatic rings. The third-order valence-electron chi connectivity index (χ3n) is 2.04. The molecule has 2 amide bonds. The van der Waals surface area contributed by atoms with Crippen molar-refractivity contribution in [1.82, 2.24) is 15.5 Å². The van der Waals surface area contributed by atoms with E-state index in [9.17, 15) is 9.59 Å². The quantitative estimate of drug-likeness (QED) is 0.465. The summed E-state index contributed by atoms with van der Waals surface area (Å²) in [4.78, 5) is 24.1. The van der Waals surface area contributed by atoms with Crippen molar-refractivity contribution in [3.63, 3.8) is 0 Å². The van der Waals surface area contributed by atoms with E-state index in [0.29, 0.717) is 6.54 Å². The molecule has 0 fully saturated rings. The van der Waals surface area contributed by atoms with Gasteiger partial charge < -0.3 is 25.7 Å². The lowest BCUT2D eigenvalue weighted by atomic mass is 10.2. The Morgan fingerprint density at radius 3 is 2.29 bits per heavy atom. The van der Waals surface area contributed by atoms with E-state index in [1.54, 1.807) is 0 Å². The van der Waals surface area contributed by atoms with Crippen LogP contribution in [0.4, 0.5) is 4.79 Å². The number of carbonyl (C=O) groups excluding carboxylic acids is 1. The lowest BCUT2D eigenvalue weighted by Gasteiger charge is -2.20. The molecule has 0 spiro atoms. The second kappa shape index (κ2) is 7.86. The van der Waals surface area contributed by atoms with Gasteiger partial charge in [-0.05, 0) is 21.0 Å². The maximum absolute atomic E-state index is 11.4. The van der Waals surface area contributed by atoms with Gasteiger partial charge in [-0.2, -0.15) is 0 Å². The number of aliphatic carboxylic acids is 1.